The monoisotopic (exact) mass is 305 g/mol. The Bertz CT molecular complexity index is 613. The third-order valence-corrected chi connectivity index (χ3v) is 4.38. The van der Waals surface area contributed by atoms with Gasteiger partial charge in [0.2, 0.25) is 0 Å². The van der Waals surface area contributed by atoms with Gasteiger partial charge in [0.05, 0.1) is 16.9 Å². The zero-order valence-electron chi connectivity index (χ0n) is 12.3. The molecule has 0 aromatic carbocycles. The number of carbonyl (C=O) groups is 1. The van der Waals surface area contributed by atoms with Crippen molar-refractivity contribution in [3.63, 3.8) is 0 Å². The minimum Gasteiger partial charge on any atom is -0.335 e. The summed E-state index contributed by atoms with van der Waals surface area (Å²) < 4.78 is 1.67. The highest BCUT2D eigenvalue weighted by Gasteiger charge is 2.24. The molecule has 0 bridgehead atoms. The summed E-state index contributed by atoms with van der Waals surface area (Å²) in [6, 6.07) is 1.85. The quantitative estimate of drug-likeness (QED) is 0.853. The number of carbonyl (C=O) groups excluding carboxylic acids is 1. The summed E-state index contributed by atoms with van der Waals surface area (Å²) in [7, 11) is 1.82. The molecule has 0 unspecified atom stereocenters. The predicted molar refractivity (Wildman–Crippen MR) is 81.2 cm³/mol. The molecule has 3 rings (SSSR count). The third kappa shape index (κ3) is 3.14. The number of thiazole rings is 1. The van der Waals surface area contributed by atoms with Crippen LogP contribution in [0.3, 0.4) is 0 Å². The Hall–Kier alpha value is -1.73. The zero-order valence-corrected chi connectivity index (χ0v) is 13.1. The Kier molecular flexibility index (Phi) is 4.03. The van der Waals surface area contributed by atoms with E-state index in [1.807, 2.05) is 30.4 Å². The van der Waals surface area contributed by atoms with Gasteiger partial charge in [-0.25, -0.2) is 4.98 Å². The number of aryl methyl sites for hydroxylation is 2. The highest BCUT2D eigenvalue weighted by molar-refractivity contribution is 7.07. The van der Waals surface area contributed by atoms with Crippen LogP contribution >= 0.6 is 11.3 Å². The Morgan fingerprint density at radius 1 is 1.33 bits per heavy atom. The molecule has 6 nitrogen and oxygen atoms in total. The van der Waals surface area contributed by atoms with Crippen molar-refractivity contribution in [3.05, 3.63) is 34.0 Å². The van der Waals surface area contributed by atoms with Gasteiger partial charge in [-0.15, -0.1) is 11.3 Å². The lowest BCUT2D eigenvalue weighted by Crippen LogP contribution is -2.48. The molecule has 0 atom stereocenters. The van der Waals surface area contributed by atoms with Crippen LogP contribution < -0.4 is 0 Å². The molecule has 0 saturated carbocycles. The number of rotatable bonds is 3. The van der Waals surface area contributed by atoms with Gasteiger partial charge in [0, 0.05) is 45.2 Å². The molecule has 1 aliphatic heterocycles. The highest BCUT2D eigenvalue weighted by atomic mass is 32.1. The van der Waals surface area contributed by atoms with Gasteiger partial charge in [-0.1, -0.05) is 0 Å². The average Bonchev–Trinajstić information content (AvgIpc) is 3.08. The Balaban J connectivity index is 1.58. The molecule has 0 radical (unpaired) electrons. The fourth-order valence-corrected chi connectivity index (χ4v) is 3.18. The van der Waals surface area contributed by atoms with Gasteiger partial charge >= 0.3 is 0 Å². The maximum Gasteiger partial charge on any atom is 0.272 e. The van der Waals surface area contributed by atoms with Crippen LogP contribution in [0.15, 0.2) is 17.0 Å². The molecule has 21 heavy (non-hydrogen) atoms. The van der Waals surface area contributed by atoms with Crippen molar-refractivity contribution in [3.8, 4) is 0 Å². The molecular weight excluding hydrogens is 286 g/mol. The number of hydrogen-bond acceptors (Lipinski definition) is 5. The molecule has 7 heteroatoms. The second-order valence-corrected chi connectivity index (χ2v) is 6.06. The fraction of sp³-hybridized carbons (Fsp3) is 0.500. The first-order valence-electron chi connectivity index (χ1n) is 7.03. The minimum absolute atomic E-state index is 0.0754. The molecule has 2 aromatic heterocycles. The Morgan fingerprint density at radius 2 is 2.10 bits per heavy atom. The number of piperazine rings is 1. The van der Waals surface area contributed by atoms with E-state index >= 15 is 0 Å². The van der Waals surface area contributed by atoms with Gasteiger partial charge in [-0.2, -0.15) is 5.10 Å². The van der Waals surface area contributed by atoms with Gasteiger partial charge in [0.15, 0.2) is 0 Å². The molecule has 1 aliphatic rings. The van der Waals surface area contributed by atoms with Crippen molar-refractivity contribution < 1.29 is 4.79 Å². The normalized spacial score (nSPS) is 16.4. The van der Waals surface area contributed by atoms with Crippen molar-refractivity contribution in [2.24, 2.45) is 7.05 Å². The number of nitrogens with zero attached hydrogens (tertiary/aromatic N) is 5. The summed E-state index contributed by atoms with van der Waals surface area (Å²) in [5.74, 6) is 0.0754. The van der Waals surface area contributed by atoms with E-state index in [9.17, 15) is 4.79 Å². The number of aromatic nitrogens is 3. The van der Waals surface area contributed by atoms with E-state index in [2.05, 4.69) is 20.4 Å². The van der Waals surface area contributed by atoms with Crippen LogP contribution in [-0.4, -0.2) is 56.7 Å². The van der Waals surface area contributed by atoms with E-state index in [4.69, 9.17) is 0 Å². The molecule has 3 heterocycles. The highest BCUT2D eigenvalue weighted by Crippen LogP contribution is 2.12. The Morgan fingerprint density at radius 3 is 2.67 bits per heavy atom. The van der Waals surface area contributed by atoms with Gasteiger partial charge in [-0.05, 0) is 13.0 Å². The maximum atomic E-state index is 12.5. The van der Waals surface area contributed by atoms with Crippen LogP contribution in [0, 0.1) is 6.92 Å². The van der Waals surface area contributed by atoms with E-state index in [1.54, 1.807) is 16.0 Å². The predicted octanol–water partition coefficient (Wildman–Crippen LogP) is 1.14. The molecule has 1 fully saturated rings. The molecule has 0 aliphatic carbocycles. The summed E-state index contributed by atoms with van der Waals surface area (Å²) in [6.07, 6.45) is 0. The molecule has 1 saturated heterocycles. The Labute approximate surface area is 128 Å². The lowest BCUT2D eigenvalue weighted by molar-refractivity contribution is 0.0616. The lowest BCUT2D eigenvalue weighted by Gasteiger charge is -2.34. The number of amides is 1. The van der Waals surface area contributed by atoms with Crippen LogP contribution in [0.2, 0.25) is 0 Å². The molecule has 2 aromatic rings. The largest absolute Gasteiger partial charge is 0.335 e. The standard InChI is InChI=1S/C14H19N5OS/c1-11-7-13(17(2)16-11)14(20)19-5-3-18(4-6-19)8-12-9-21-10-15-12/h7,9-10H,3-6,8H2,1-2H3. The average molecular weight is 305 g/mol. The summed E-state index contributed by atoms with van der Waals surface area (Å²) in [4.78, 5) is 21.1. The van der Waals surface area contributed by atoms with Crippen LogP contribution in [0.4, 0.5) is 0 Å². The summed E-state index contributed by atoms with van der Waals surface area (Å²) in [5.41, 5.74) is 4.52. The second-order valence-electron chi connectivity index (χ2n) is 5.34. The van der Waals surface area contributed by atoms with Gasteiger partial charge in [0.1, 0.15) is 5.69 Å². The van der Waals surface area contributed by atoms with Crippen molar-refractivity contribution >= 4 is 17.2 Å². The van der Waals surface area contributed by atoms with E-state index < -0.39 is 0 Å². The molecule has 0 spiro atoms. The summed E-state index contributed by atoms with van der Waals surface area (Å²) in [6.45, 7) is 6.07. The zero-order chi connectivity index (χ0) is 14.8. The first-order valence-corrected chi connectivity index (χ1v) is 7.97. The van der Waals surface area contributed by atoms with Crippen molar-refractivity contribution in [2.75, 3.05) is 26.2 Å². The van der Waals surface area contributed by atoms with Crippen LogP contribution in [0.1, 0.15) is 21.9 Å². The van der Waals surface area contributed by atoms with Crippen molar-refractivity contribution in [1.29, 1.82) is 0 Å². The van der Waals surface area contributed by atoms with E-state index in [1.165, 1.54) is 0 Å². The number of hydrogen-bond donors (Lipinski definition) is 0. The SMILES string of the molecule is Cc1cc(C(=O)N2CCN(Cc3cscn3)CC2)n(C)n1. The van der Waals surface area contributed by atoms with E-state index in [0.29, 0.717) is 5.69 Å². The summed E-state index contributed by atoms with van der Waals surface area (Å²) >= 11 is 1.62. The van der Waals surface area contributed by atoms with E-state index in [0.717, 1.165) is 44.1 Å². The molecule has 1 amide bonds. The van der Waals surface area contributed by atoms with E-state index in [-0.39, 0.29) is 5.91 Å². The van der Waals surface area contributed by atoms with Crippen LogP contribution in [0.25, 0.3) is 0 Å². The lowest BCUT2D eigenvalue weighted by atomic mass is 10.2. The molecule has 112 valence electrons. The van der Waals surface area contributed by atoms with Crippen LogP contribution in [0.5, 0.6) is 0 Å². The first-order chi connectivity index (χ1) is 10.1. The first kappa shape index (κ1) is 14.2. The maximum absolute atomic E-state index is 12.5. The molecular formula is C14H19N5OS. The molecule has 0 N–H and O–H groups in total. The smallest absolute Gasteiger partial charge is 0.272 e. The minimum atomic E-state index is 0.0754. The van der Waals surface area contributed by atoms with Gasteiger partial charge < -0.3 is 4.90 Å². The van der Waals surface area contributed by atoms with Gasteiger partial charge in [-0.3, -0.25) is 14.4 Å². The fourth-order valence-electron chi connectivity index (χ4n) is 2.63. The summed E-state index contributed by atoms with van der Waals surface area (Å²) in [5, 5.41) is 6.32. The van der Waals surface area contributed by atoms with Crippen molar-refractivity contribution in [2.45, 2.75) is 13.5 Å². The second kappa shape index (κ2) is 5.95. The van der Waals surface area contributed by atoms with Crippen LogP contribution in [-0.2, 0) is 13.6 Å². The third-order valence-electron chi connectivity index (χ3n) is 3.75. The topological polar surface area (TPSA) is 54.3 Å². The van der Waals surface area contributed by atoms with Crippen molar-refractivity contribution in [1.82, 2.24) is 24.6 Å². The van der Waals surface area contributed by atoms with Gasteiger partial charge in [0.25, 0.3) is 5.91 Å².